The van der Waals surface area contributed by atoms with E-state index >= 15 is 0 Å². The van der Waals surface area contributed by atoms with Crippen LogP contribution in [0.2, 0.25) is 0 Å². The molecule has 0 radical (unpaired) electrons. The number of piperidine rings is 1. The Labute approximate surface area is 148 Å². The summed E-state index contributed by atoms with van der Waals surface area (Å²) in [4.78, 5) is 17.2. The molecule has 0 bridgehead atoms. The van der Waals surface area contributed by atoms with Crippen LogP contribution in [-0.2, 0) is 4.79 Å². The van der Waals surface area contributed by atoms with Crippen molar-refractivity contribution in [3.63, 3.8) is 0 Å². The van der Waals surface area contributed by atoms with Gasteiger partial charge >= 0.3 is 0 Å². The predicted octanol–water partition coefficient (Wildman–Crippen LogP) is 1.55. The molecule has 2 heterocycles. The van der Waals surface area contributed by atoms with Crippen molar-refractivity contribution in [3.05, 3.63) is 0 Å². The topological polar surface area (TPSA) is 47.6 Å². The Morgan fingerprint density at radius 2 is 1.79 bits per heavy atom. The zero-order chi connectivity index (χ0) is 17.2. The van der Waals surface area contributed by atoms with Crippen molar-refractivity contribution in [1.29, 1.82) is 0 Å². The summed E-state index contributed by atoms with van der Waals surface area (Å²) in [6, 6.07) is 0. The molecule has 2 N–H and O–H groups in total. The van der Waals surface area contributed by atoms with Crippen molar-refractivity contribution in [2.75, 3.05) is 58.9 Å². The molecule has 0 saturated carbocycles. The minimum absolute atomic E-state index is 0.248. The Bertz CT molecular complexity index is 349. The molecule has 1 unspecified atom stereocenters. The molecular formula is C19H38N4O. The second-order valence-corrected chi connectivity index (χ2v) is 7.60. The number of nitrogens with one attached hydrogen (secondary N) is 2. The molecule has 0 aliphatic carbocycles. The predicted molar refractivity (Wildman–Crippen MR) is 100 cm³/mol. The quantitative estimate of drug-likeness (QED) is 0.626. The first-order valence-corrected chi connectivity index (χ1v) is 10.1. The molecular weight excluding hydrogens is 300 g/mol. The zero-order valence-corrected chi connectivity index (χ0v) is 15.9. The minimum atomic E-state index is 0.248. The lowest BCUT2D eigenvalue weighted by Crippen LogP contribution is -2.46. The average molecular weight is 339 g/mol. The van der Waals surface area contributed by atoms with E-state index in [1.807, 2.05) is 0 Å². The lowest BCUT2D eigenvalue weighted by molar-refractivity contribution is -0.122. The van der Waals surface area contributed by atoms with Gasteiger partial charge in [-0.15, -0.1) is 0 Å². The standard InChI is InChI=1S/C19H38N4O/c1-3-22-12-14-23(15-13-22)11-5-4-8-21-19(24)16-17(2)18-6-9-20-10-7-18/h17-18,20H,3-16H2,1-2H3,(H,21,24). The van der Waals surface area contributed by atoms with Crippen LogP contribution in [0.1, 0.15) is 46.0 Å². The number of rotatable bonds is 9. The van der Waals surface area contributed by atoms with Crippen LogP contribution in [-0.4, -0.2) is 74.6 Å². The third kappa shape index (κ3) is 7.08. The molecule has 0 aromatic heterocycles. The highest BCUT2D eigenvalue weighted by Crippen LogP contribution is 2.24. The van der Waals surface area contributed by atoms with Gasteiger partial charge in [-0.1, -0.05) is 13.8 Å². The lowest BCUT2D eigenvalue weighted by Gasteiger charge is -2.34. The van der Waals surface area contributed by atoms with Gasteiger partial charge < -0.3 is 20.4 Å². The number of hydrogen-bond donors (Lipinski definition) is 2. The fourth-order valence-corrected chi connectivity index (χ4v) is 3.96. The number of likely N-dealkylation sites (N-methyl/N-ethyl adjacent to an activating group) is 1. The van der Waals surface area contributed by atoms with Gasteiger partial charge in [0.2, 0.25) is 5.91 Å². The Balaban J connectivity index is 1.47. The molecule has 1 atom stereocenters. The van der Waals surface area contributed by atoms with E-state index in [2.05, 4.69) is 34.3 Å². The van der Waals surface area contributed by atoms with Gasteiger partial charge in [-0.3, -0.25) is 4.79 Å². The molecule has 0 spiro atoms. The highest BCUT2D eigenvalue weighted by atomic mass is 16.1. The van der Waals surface area contributed by atoms with Gasteiger partial charge in [-0.25, -0.2) is 0 Å². The number of carbonyl (C=O) groups is 1. The number of piperazine rings is 1. The van der Waals surface area contributed by atoms with Crippen molar-refractivity contribution in [1.82, 2.24) is 20.4 Å². The summed E-state index contributed by atoms with van der Waals surface area (Å²) in [5.74, 6) is 1.48. The summed E-state index contributed by atoms with van der Waals surface area (Å²) in [6.45, 7) is 14.7. The summed E-state index contributed by atoms with van der Waals surface area (Å²) in [5.41, 5.74) is 0. The summed E-state index contributed by atoms with van der Waals surface area (Å²) in [7, 11) is 0. The van der Waals surface area contributed by atoms with Crippen molar-refractivity contribution >= 4 is 5.91 Å². The molecule has 0 aromatic rings. The van der Waals surface area contributed by atoms with Crippen LogP contribution < -0.4 is 10.6 Å². The molecule has 5 heteroatoms. The molecule has 5 nitrogen and oxygen atoms in total. The maximum absolute atomic E-state index is 12.1. The van der Waals surface area contributed by atoms with Gasteiger partial charge in [0, 0.05) is 39.1 Å². The van der Waals surface area contributed by atoms with Crippen LogP contribution >= 0.6 is 0 Å². The number of amides is 1. The van der Waals surface area contributed by atoms with Gasteiger partial charge in [0.05, 0.1) is 0 Å². The highest BCUT2D eigenvalue weighted by molar-refractivity contribution is 5.76. The summed E-state index contributed by atoms with van der Waals surface area (Å²) >= 11 is 0. The summed E-state index contributed by atoms with van der Waals surface area (Å²) in [5, 5.41) is 6.52. The number of unbranched alkanes of at least 4 members (excludes halogenated alkanes) is 1. The Kier molecular flexibility index (Phi) is 9.07. The first-order chi connectivity index (χ1) is 11.7. The molecule has 140 valence electrons. The molecule has 2 saturated heterocycles. The van der Waals surface area contributed by atoms with Gasteiger partial charge in [-0.2, -0.15) is 0 Å². The molecule has 2 aliphatic heterocycles. The van der Waals surface area contributed by atoms with E-state index in [9.17, 15) is 4.79 Å². The van der Waals surface area contributed by atoms with Crippen LogP contribution in [0, 0.1) is 11.8 Å². The molecule has 0 aromatic carbocycles. The first kappa shape index (κ1) is 19.7. The van der Waals surface area contributed by atoms with E-state index in [4.69, 9.17) is 0 Å². The first-order valence-electron chi connectivity index (χ1n) is 10.1. The smallest absolute Gasteiger partial charge is 0.220 e. The number of hydrogen-bond acceptors (Lipinski definition) is 4. The maximum atomic E-state index is 12.1. The molecule has 2 fully saturated rings. The minimum Gasteiger partial charge on any atom is -0.356 e. The fraction of sp³-hybridized carbons (Fsp3) is 0.947. The third-order valence-electron chi connectivity index (χ3n) is 5.83. The largest absolute Gasteiger partial charge is 0.356 e. The summed E-state index contributed by atoms with van der Waals surface area (Å²) in [6.07, 6.45) is 5.43. The van der Waals surface area contributed by atoms with Crippen molar-refractivity contribution < 1.29 is 4.79 Å². The molecule has 24 heavy (non-hydrogen) atoms. The van der Waals surface area contributed by atoms with E-state index < -0.39 is 0 Å². The maximum Gasteiger partial charge on any atom is 0.220 e. The van der Waals surface area contributed by atoms with E-state index in [0.717, 1.165) is 32.0 Å². The van der Waals surface area contributed by atoms with E-state index in [-0.39, 0.29) is 5.91 Å². The normalized spacial score (nSPS) is 22.4. The SMILES string of the molecule is CCN1CCN(CCCCNC(=O)CC(C)C2CCNCC2)CC1. The van der Waals surface area contributed by atoms with Crippen molar-refractivity contribution in [2.45, 2.75) is 46.0 Å². The van der Waals surface area contributed by atoms with Crippen LogP contribution in [0.15, 0.2) is 0 Å². The number of nitrogens with zero attached hydrogens (tertiary/aromatic N) is 2. The highest BCUT2D eigenvalue weighted by Gasteiger charge is 2.21. The van der Waals surface area contributed by atoms with Crippen molar-refractivity contribution in [3.8, 4) is 0 Å². The fourth-order valence-electron chi connectivity index (χ4n) is 3.96. The van der Waals surface area contributed by atoms with Gasteiger partial charge in [0.15, 0.2) is 0 Å². The van der Waals surface area contributed by atoms with E-state index in [0.29, 0.717) is 12.3 Å². The monoisotopic (exact) mass is 338 g/mol. The second-order valence-electron chi connectivity index (χ2n) is 7.60. The Hall–Kier alpha value is -0.650. The molecule has 2 rings (SSSR count). The van der Waals surface area contributed by atoms with Crippen molar-refractivity contribution in [2.24, 2.45) is 11.8 Å². The Morgan fingerprint density at radius 1 is 1.12 bits per heavy atom. The third-order valence-corrected chi connectivity index (χ3v) is 5.83. The van der Waals surface area contributed by atoms with Gasteiger partial charge in [0.1, 0.15) is 0 Å². The van der Waals surface area contributed by atoms with Crippen LogP contribution in [0.4, 0.5) is 0 Å². The van der Waals surface area contributed by atoms with Gasteiger partial charge in [0.25, 0.3) is 0 Å². The average Bonchev–Trinajstić information content (AvgIpc) is 2.62. The van der Waals surface area contributed by atoms with E-state index in [1.165, 1.54) is 58.5 Å². The number of carbonyl (C=O) groups excluding carboxylic acids is 1. The van der Waals surface area contributed by atoms with E-state index in [1.54, 1.807) is 0 Å². The van der Waals surface area contributed by atoms with Crippen LogP contribution in [0.25, 0.3) is 0 Å². The summed E-state index contributed by atoms with van der Waals surface area (Å²) < 4.78 is 0. The van der Waals surface area contributed by atoms with Gasteiger partial charge in [-0.05, 0) is 63.7 Å². The van der Waals surface area contributed by atoms with Crippen LogP contribution in [0.3, 0.4) is 0 Å². The lowest BCUT2D eigenvalue weighted by atomic mass is 9.84. The second kappa shape index (κ2) is 11.1. The Morgan fingerprint density at radius 3 is 2.46 bits per heavy atom. The van der Waals surface area contributed by atoms with Crippen LogP contribution in [0.5, 0.6) is 0 Å². The molecule has 2 aliphatic rings. The zero-order valence-electron chi connectivity index (χ0n) is 15.9. The molecule has 1 amide bonds.